The molecule has 1 aromatic carbocycles. The number of aromatic nitrogens is 1. The molecule has 2 aromatic rings. The van der Waals surface area contributed by atoms with Crippen molar-refractivity contribution in [3.8, 4) is 11.5 Å². The van der Waals surface area contributed by atoms with Crippen LogP contribution < -0.4 is 4.74 Å². The van der Waals surface area contributed by atoms with Crippen LogP contribution in [0.4, 0.5) is 0 Å². The summed E-state index contributed by atoms with van der Waals surface area (Å²) < 4.78 is 6.40. The molecular formula is C11H6BrCl2NO. The van der Waals surface area contributed by atoms with E-state index in [-0.39, 0.29) is 0 Å². The molecule has 0 fully saturated rings. The van der Waals surface area contributed by atoms with Crippen molar-refractivity contribution in [3.63, 3.8) is 0 Å². The van der Waals surface area contributed by atoms with Crippen molar-refractivity contribution in [2.45, 2.75) is 0 Å². The number of ether oxygens (including phenoxy) is 1. The van der Waals surface area contributed by atoms with E-state index in [2.05, 4.69) is 20.9 Å². The Labute approximate surface area is 111 Å². The average molecular weight is 319 g/mol. The first kappa shape index (κ1) is 11.7. The lowest BCUT2D eigenvalue weighted by Crippen LogP contribution is -1.86. The van der Waals surface area contributed by atoms with Crippen LogP contribution in [-0.4, -0.2) is 4.98 Å². The molecule has 1 aromatic heterocycles. The maximum Gasteiger partial charge on any atom is 0.164 e. The highest BCUT2D eigenvalue weighted by molar-refractivity contribution is 9.10. The monoisotopic (exact) mass is 317 g/mol. The van der Waals surface area contributed by atoms with E-state index in [0.29, 0.717) is 21.5 Å². The molecule has 0 saturated carbocycles. The van der Waals surface area contributed by atoms with Gasteiger partial charge in [-0.2, -0.15) is 0 Å². The Morgan fingerprint density at radius 3 is 2.69 bits per heavy atom. The zero-order chi connectivity index (χ0) is 11.5. The van der Waals surface area contributed by atoms with Gasteiger partial charge in [0.25, 0.3) is 0 Å². The summed E-state index contributed by atoms with van der Waals surface area (Å²) in [6, 6.07) is 6.95. The first-order chi connectivity index (χ1) is 7.65. The lowest BCUT2D eigenvalue weighted by molar-refractivity contribution is 0.480. The average Bonchev–Trinajstić information content (AvgIpc) is 2.20. The molecule has 2 rings (SSSR count). The molecule has 0 radical (unpaired) electrons. The van der Waals surface area contributed by atoms with Crippen LogP contribution in [0.2, 0.25) is 10.0 Å². The van der Waals surface area contributed by atoms with Crippen LogP contribution in [-0.2, 0) is 0 Å². The molecule has 82 valence electrons. The van der Waals surface area contributed by atoms with Gasteiger partial charge < -0.3 is 4.74 Å². The van der Waals surface area contributed by atoms with Gasteiger partial charge in [-0.15, -0.1) is 0 Å². The lowest BCUT2D eigenvalue weighted by atomic mass is 10.3. The molecule has 0 aliphatic heterocycles. The van der Waals surface area contributed by atoms with E-state index in [1.807, 2.05) is 0 Å². The molecule has 0 N–H and O–H groups in total. The second-order valence-electron chi connectivity index (χ2n) is 3.01. The topological polar surface area (TPSA) is 22.1 Å². The largest absolute Gasteiger partial charge is 0.454 e. The van der Waals surface area contributed by atoms with E-state index < -0.39 is 0 Å². The van der Waals surface area contributed by atoms with Gasteiger partial charge in [0.1, 0.15) is 5.75 Å². The molecule has 0 bridgehead atoms. The third-order valence-corrected chi connectivity index (χ3v) is 2.79. The summed E-state index contributed by atoms with van der Waals surface area (Å²) in [7, 11) is 0. The summed E-state index contributed by atoms with van der Waals surface area (Å²) in [5.41, 5.74) is 0. The minimum absolute atomic E-state index is 0.498. The summed E-state index contributed by atoms with van der Waals surface area (Å²) in [6.07, 6.45) is 3.15. The number of benzene rings is 1. The van der Waals surface area contributed by atoms with Crippen molar-refractivity contribution in [1.82, 2.24) is 4.98 Å². The number of hydrogen-bond acceptors (Lipinski definition) is 2. The Bertz CT molecular complexity index is 499. The minimum Gasteiger partial charge on any atom is -0.454 e. The first-order valence-corrected chi connectivity index (χ1v) is 5.93. The van der Waals surface area contributed by atoms with Gasteiger partial charge in [-0.1, -0.05) is 39.1 Å². The minimum atomic E-state index is 0.498. The fourth-order valence-corrected chi connectivity index (χ4v) is 2.13. The van der Waals surface area contributed by atoms with E-state index >= 15 is 0 Å². The molecule has 5 heteroatoms. The van der Waals surface area contributed by atoms with Crippen molar-refractivity contribution in [3.05, 3.63) is 51.2 Å². The van der Waals surface area contributed by atoms with Gasteiger partial charge in [0, 0.05) is 15.7 Å². The Morgan fingerprint density at radius 1 is 1.19 bits per heavy atom. The summed E-state index contributed by atoms with van der Waals surface area (Å²) in [5.74, 6) is 1.10. The van der Waals surface area contributed by atoms with E-state index in [1.54, 1.807) is 36.7 Å². The van der Waals surface area contributed by atoms with Gasteiger partial charge in [-0.05, 0) is 24.3 Å². The van der Waals surface area contributed by atoms with Crippen molar-refractivity contribution in [2.75, 3.05) is 0 Å². The molecule has 16 heavy (non-hydrogen) atoms. The molecular weight excluding hydrogens is 313 g/mol. The van der Waals surface area contributed by atoms with Crippen molar-refractivity contribution in [1.29, 1.82) is 0 Å². The second-order valence-corrected chi connectivity index (χ2v) is 4.77. The highest BCUT2D eigenvalue weighted by atomic mass is 79.9. The molecule has 2 nitrogen and oxygen atoms in total. The zero-order valence-electron chi connectivity index (χ0n) is 7.95. The Kier molecular flexibility index (Phi) is 3.69. The Morgan fingerprint density at radius 2 is 2.00 bits per heavy atom. The fraction of sp³-hybridized carbons (Fsp3) is 0. The van der Waals surface area contributed by atoms with Gasteiger partial charge in [-0.25, -0.2) is 0 Å². The van der Waals surface area contributed by atoms with Crippen LogP contribution in [0, 0.1) is 0 Å². The summed E-state index contributed by atoms with van der Waals surface area (Å²) in [4.78, 5) is 3.93. The number of halogens is 3. The highest BCUT2D eigenvalue weighted by Gasteiger charge is 2.04. The van der Waals surface area contributed by atoms with Crippen LogP contribution in [0.25, 0.3) is 0 Å². The molecule has 0 aliphatic rings. The normalized spacial score (nSPS) is 10.2. The van der Waals surface area contributed by atoms with E-state index in [0.717, 1.165) is 4.47 Å². The Hall–Kier alpha value is -0.770. The SMILES string of the molecule is Clc1cc(Br)cc(Oc2cnccc2Cl)c1. The quantitative estimate of drug-likeness (QED) is 0.782. The van der Waals surface area contributed by atoms with E-state index in [9.17, 15) is 0 Å². The molecule has 0 unspecified atom stereocenters. The van der Waals surface area contributed by atoms with Gasteiger partial charge in [0.15, 0.2) is 5.75 Å². The lowest BCUT2D eigenvalue weighted by Gasteiger charge is -2.07. The highest BCUT2D eigenvalue weighted by Crippen LogP contribution is 2.31. The number of nitrogens with zero attached hydrogens (tertiary/aromatic N) is 1. The van der Waals surface area contributed by atoms with Crippen molar-refractivity contribution < 1.29 is 4.74 Å². The summed E-state index contributed by atoms with van der Waals surface area (Å²) in [5, 5.41) is 1.09. The predicted molar refractivity (Wildman–Crippen MR) is 68.5 cm³/mol. The van der Waals surface area contributed by atoms with Gasteiger partial charge >= 0.3 is 0 Å². The number of hydrogen-bond donors (Lipinski definition) is 0. The van der Waals surface area contributed by atoms with Crippen LogP contribution in [0.1, 0.15) is 0 Å². The van der Waals surface area contributed by atoms with Crippen molar-refractivity contribution in [2.24, 2.45) is 0 Å². The molecule has 0 spiro atoms. The van der Waals surface area contributed by atoms with E-state index in [4.69, 9.17) is 27.9 Å². The number of pyridine rings is 1. The van der Waals surface area contributed by atoms with Crippen LogP contribution in [0.15, 0.2) is 41.1 Å². The van der Waals surface area contributed by atoms with Gasteiger partial charge in [0.05, 0.1) is 11.2 Å². The summed E-state index contributed by atoms with van der Waals surface area (Å²) in [6.45, 7) is 0. The molecule has 0 atom stereocenters. The second kappa shape index (κ2) is 5.04. The third-order valence-electron chi connectivity index (χ3n) is 1.80. The first-order valence-electron chi connectivity index (χ1n) is 4.38. The Balaban J connectivity index is 2.30. The van der Waals surface area contributed by atoms with Gasteiger partial charge in [-0.3, -0.25) is 4.98 Å². The number of rotatable bonds is 2. The van der Waals surface area contributed by atoms with Crippen LogP contribution >= 0.6 is 39.1 Å². The summed E-state index contributed by atoms with van der Waals surface area (Å²) >= 11 is 15.2. The predicted octanol–water partition coefficient (Wildman–Crippen LogP) is 4.94. The fourth-order valence-electron chi connectivity index (χ4n) is 1.15. The third kappa shape index (κ3) is 2.88. The van der Waals surface area contributed by atoms with Gasteiger partial charge in [0.2, 0.25) is 0 Å². The zero-order valence-corrected chi connectivity index (χ0v) is 11.1. The molecule has 0 amide bonds. The van der Waals surface area contributed by atoms with Crippen molar-refractivity contribution >= 4 is 39.1 Å². The maximum atomic E-state index is 5.94. The standard InChI is InChI=1S/C11H6BrCl2NO/c12-7-3-8(13)5-9(4-7)16-11-6-15-2-1-10(11)14/h1-6H. The molecule has 0 aliphatic carbocycles. The van der Waals surface area contributed by atoms with Crippen LogP contribution in [0.3, 0.4) is 0 Å². The van der Waals surface area contributed by atoms with E-state index in [1.165, 1.54) is 0 Å². The molecule has 1 heterocycles. The smallest absolute Gasteiger partial charge is 0.164 e. The maximum absolute atomic E-state index is 5.94. The molecule has 0 saturated heterocycles. The van der Waals surface area contributed by atoms with Crippen LogP contribution in [0.5, 0.6) is 11.5 Å².